The molecule has 7 aromatic rings. The van der Waals surface area contributed by atoms with Gasteiger partial charge in [0.25, 0.3) is 0 Å². The van der Waals surface area contributed by atoms with Crippen LogP contribution < -0.4 is 0 Å². The monoisotopic (exact) mass is 411 g/mol. The van der Waals surface area contributed by atoms with Crippen molar-refractivity contribution >= 4 is 43.7 Å². The number of fused-ring (bicyclic) bond motifs is 6. The SMILES string of the molecule is c1cc(-c2ccc3oc4ccccc4c3c2)cc(-n2c3ccncc3c3cnccc32)c1. The van der Waals surface area contributed by atoms with Crippen LogP contribution in [0.1, 0.15) is 0 Å². The van der Waals surface area contributed by atoms with Crippen molar-refractivity contribution in [2.45, 2.75) is 0 Å². The first-order valence-electron chi connectivity index (χ1n) is 10.6. The first-order chi connectivity index (χ1) is 15.9. The molecule has 0 unspecified atom stereocenters. The van der Waals surface area contributed by atoms with E-state index in [-0.39, 0.29) is 0 Å². The Morgan fingerprint density at radius 1 is 0.562 bits per heavy atom. The molecule has 0 spiro atoms. The molecule has 0 aliphatic heterocycles. The Morgan fingerprint density at radius 2 is 1.28 bits per heavy atom. The van der Waals surface area contributed by atoms with Crippen LogP contribution in [0.4, 0.5) is 0 Å². The van der Waals surface area contributed by atoms with E-state index in [4.69, 9.17) is 4.42 Å². The second-order valence-corrected chi connectivity index (χ2v) is 7.98. The van der Waals surface area contributed by atoms with Gasteiger partial charge in [-0.05, 0) is 53.6 Å². The van der Waals surface area contributed by atoms with Gasteiger partial charge < -0.3 is 8.98 Å². The predicted molar refractivity (Wildman–Crippen MR) is 129 cm³/mol. The van der Waals surface area contributed by atoms with Gasteiger partial charge in [-0.15, -0.1) is 0 Å². The average Bonchev–Trinajstić information content (AvgIpc) is 3.39. The molecular formula is C28H17N3O. The lowest BCUT2D eigenvalue weighted by molar-refractivity contribution is 0.669. The number of aromatic nitrogens is 3. The Labute approximate surface area is 183 Å². The van der Waals surface area contributed by atoms with Crippen molar-refractivity contribution in [2.75, 3.05) is 0 Å². The van der Waals surface area contributed by atoms with Gasteiger partial charge >= 0.3 is 0 Å². The Bertz CT molecular complexity index is 1740. The van der Waals surface area contributed by atoms with Crippen molar-refractivity contribution in [3.63, 3.8) is 0 Å². The van der Waals surface area contributed by atoms with Gasteiger partial charge in [0.1, 0.15) is 11.2 Å². The zero-order valence-corrected chi connectivity index (χ0v) is 17.1. The highest BCUT2D eigenvalue weighted by atomic mass is 16.3. The largest absolute Gasteiger partial charge is 0.456 e. The standard InChI is InChI=1S/C28H17N3O/c1-2-7-27-21(6-1)22-15-19(8-9-28(22)32-27)18-4-3-5-20(14-18)31-25-10-12-29-16-23(25)24-17-30-13-11-26(24)31/h1-17H. The number of rotatable bonds is 2. The third kappa shape index (κ3) is 2.44. The number of furan rings is 1. The number of hydrogen-bond donors (Lipinski definition) is 0. The summed E-state index contributed by atoms with van der Waals surface area (Å²) >= 11 is 0. The average molecular weight is 411 g/mol. The molecule has 0 aliphatic rings. The van der Waals surface area contributed by atoms with Gasteiger partial charge in [-0.25, -0.2) is 0 Å². The molecule has 0 saturated carbocycles. The second-order valence-electron chi connectivity index (χ2n) is 7.98. The molecule has 0 N–H and O–H groups in total. The van der Waals surface area contributed by atoms with Crippen LogP contribution in [0, 0.1) is 0 Å². The van der Waals surface area contributed by atoms with E-state index in [1.165, 1.54) is 0 Å². The highest BCUT2D eigenvalue weighted by molar-refractivity contribution is 6.09. The Balaban J connectivity index is 1.45. The minimum absolute atomic E-state index is 0.911. The fraction of sp³-hybridized carbons (Fsp3) is 0. The summed E-state index contributed by atoms with van der Waals surface area (Å²) < 4.78 is 8.29. The first-order valence-corrected chi connectivity index (χ1v) is 10.6. The highest BCUT2D eigenvalue weighted by Gasteiger charge is 2.13. The number of hydrogen-bond acceptors (Lipinski definition) is 3. The molecule has 32 heavy (non-hydrogen) atoms. The van der Waals surface area contributed by atoms with E-state index >= 15 is 0 Å². The van der Waals surface area contributed by atoms with E-state index in [1.54, 1.807) is 0 Å². The van der Waals surface area contributed by atoms with E-state index in [0.717, 1.165) is 60.6 Å². The van der Waals surface area contributed by atoms with E-state index < -0.39 is 0 Å². The third-order valence-corrected chi connectivity index (χ3v) is 6.18. The highest BCUT2D eigenvalue weighted by Crippen LogP contribution is 2.35. The molecule has 4 heteroatoms. The summed E-state index contributed by atoms with van der Waals surface area (Å²) in [6, 6.07) is 27.4. The van der Waals surface area contributed by atoms with Crippen LogP contribution in [-0.2, 0) is 0 Å². The number of pyridine rings is 2. The van der Waals surface area contributed by atoms with Gasteiger partial charge in [0.15, 0.2) is 0 Å². The number of nitrogens with zero attached hydrogens (tertiary/aromatic N) is 3. The van der Waals surface area contributed by atoms with Crippen molar-refractivity contribution in [3.05, 3.63) is 104 Å². The summed E-state index contributed by atoms with van der Waals surface area (Å²) in [5.74, 6) is 0. The number of para-hydroxylation sites is 1. The van der Waals surface area contributed by atoms with Crippen molar-refractivity contribution in [3.8, 4) is 16.8 Å². The zero-order valence-electron chi connectivity index (χ0n) is 17.1. The maximum atomic E-state index is 6.01. The predicted octanol–water partition coefficient (Wildman–Crippen LogP) is 7.14. The Hall–Kier alpha value is -4.44. The summed E-state index contributed by atoms with van der Waals surface area (Å²) in [7, 11) is 0. The van der Waals surface area contributed by atoms with Crippen molar-refractivity contribution in [1.82, 2.24) is 14.5 Å². The van der Waals surface area contributed by atoms with Gasteiger partial charge in [-0.2, -0.15) is 0 Å². The van der Waals surface area contributed by atoms with Crippen LogP contribution in [0.2, 0.25) is 0 Å². The lowest BCUT2D eigenvalue weighted by Crippen LogP contribution is -1.94. The van der Waals surface area contributed by atoms with Crippen LogP contribution in [0.15, 0.2) is 108 Å². The summed E-state index contributed by atoms with van der Waals surface area (Å²) in [6.45, 7) is 0. The lowest BCUT2D eigenvalue weighted by Gasteiger charge is -2.10. The number of benzene rings is 3. The molecule has 0 bridgehead atoms. The molecule has 150 valence electrons. The molecule has 4 heterocycles. The topological polar surface area (TPSA) is 43.9 Å². The van der Waals surface area contributed by atoms with Crippen LogP contribution in [0.3, 0.4) is 0 Å². The van der Waals surface area contributed by atoms with E-state index in [0.29, 0.717) is 0 Å². The molecular weight excluding hydrogens is 394 g/mol. The minimum atomic E-state index is 0.911. The van der Waals surface area contributed by atoms with Gasteiger partial charge in [0, 0.05) is 52.0 Å². The maximum absolute atomic E-state index is 6.01. The molecule has 0 aliphatic carbocycles. The molecule has 0 saturated heterocycles. The van der Waals surface area contributed by atoms with E-state index in [1.807, 2.05) is 36.9 Å². The minimum Gasteiger partial charge on any atom is -0.456 e. The molecule has 4 nitrogen and oxygen atoms in total. The summed E-state index contributed by atoms with van der Waals surface area (Å²) in [4.78, 5) is 8.67. The fourth-order valence-electron chi connectivity index (χ4n) is 4.72. The molecule has 0 atom stereocenters. The van der Waals surface area contributed by atoms with Crippen LogP contribution >= 0.6 is 0 Å². The van der Waals surface area contributed by atoms with Crippen LogP contribution in [-0.4, -0.2) is 14.5 Å². The van der Waals surface area contributed by atoms with Crippen molar-refractivity contribution < 1.29 is 4.42 Å². The first kappa shape index (κ1) is 17.3. The molecule has 0 fully saturated rings. The van der Waals surface area contributed by atoms with Crippen molar-refractivity contribution in [2.24, 2.45) is 0 Å². The molecule has 0 radical (unpaired) electrons. The maximum Gasteiger partial charge on any atom is 0.135 e. The molecule has 3 aromatic carbocycles. The summed E-state index contributed by atoms with van der Waals surface area (Å²) in [5, 5.41) is 4.49. The third-order valence-electron chi connectivity index (χ3n) is 6.18. The summed E-state index contributed by atoms with van der Waals surface area (Å²) in [6.07, 6.45) is 7.51. The quantitative estimate of drug-likeness (QED) is 0.304. The second kappa shape index (κ2) is 6.53. The molecule has 0 amide bonds. The van der Waals surface area contributed by atoms with Gasteiger partial charge in [-0.3, -0.25) is 9.97 Å². The fourth-order valence-corrected chi connectivity index (χ4v) is 4.72. The van der Waals surface area contributed by atoms with E-state index in [9.17, 15) is 0 Å². The zero-order chi connectivity index (χ0) is 21.1. The van der Waals surface area contributed by atoms with Crippen LogP contribution in [0.25, 0.3) is 60.6 Å². The van der Waals surface area contributed by atoms with Gasteiger partial charge in [0.2, 0.25) is 0 Å². The Morgan fingerprint density at radius 3 is 2.09 bits per heavy atom. The lowest BCUT2D eigenvalue weighted by atomic mass is 10.0. The van der Waals surface area contributed by atoms with Crippen molar-refractivity contribution in [1.29, 1.82) is 0 Å². The molecule has 4 aromatic heterocycles. The summed E-state index contributed by atoms with van der Waals surface area (Å²) in [5.41, 5.74) is 7.50. The van der Waals surface area contributed by atoms with E-state index in [2.05, 4.69) is 81.3 Å². The smallest absolute Gasteiger partial charge is 0.135 e. The van der Waals surface area contributed by atoms with Crippen LogP contribution in [0.5, 0.6) is 0 Å². The molecule has 7 rings (SSSR count). The van der Waals surface area contributed by atoms with Gasteiger partial charge in [0.05, 0.1) is 11.0 Å². The Kier molecular flexibility index (Phi) is 3.52. The normalized spacial score (nSPS) is 11.8. The van der Waals surface area contributed by atoms with Gasteiger partial charge in [-0.1, -0.05) is 36.4 Å².